The van der Waals surface area contributed by atoms with Crippen molar-refractivity contribution in [3.05, 3.63) is 35.4 Å². The van der Waals surface area contributed by atoms with Gasteiger partial charge in [-0.1, -0.05) is 168 Å². The maximum Gasteiger partial charge on any atom is 0.251 e. The van der Waals surface area contributed by atoms with E-state index in [4.69, 9.17) is 0 Å². The fourth-order valence-corrected chi connectivity index (χ4v) is 5.67. The Morgan fingerprint density at radius 2 is 0.595 bits per heavy atom. The molecule has 0 radical (unpaired) electrons. The maximum atomic E-state index is 12.5. The first-order chi connectivity index (χ1) is 20.7. The van der Waals surface area contributed by atoms with Gasteiger partial charge in [0, 0.05) is 24.2 Å². The minimum atomic E-state index is -0.0483. The summed E-state index contributed by atoms with van der Waals surface area (Å²) in [6, 6.07) is 7.05. The van der Waals surface area contributed by atoms with Crippen LogP contribution in [0.2, 0.25) is 0 Å². The molecule has 1 rings (SSSR count). The van der Waals surface area contributed by atoms with E-state index < -0.39 is 0 Å². The minimum absolute atomic E-state index is 0.0483. The van der Waals surface area contributed by atoms with Gasteiger partial charge in [-0.3, -0.25) is 9.59 Å². The lowest BCUT2D eigenvalue weighted by molar-refractivity contribution is 0.0941. The van der Waals surface area contributed by atoms with Gasteiger partial charge >= 0.3 is 0 Å². The van der Waals surface area contributed by atoms with Gasteiger partial charge < -0.3 is 10.6 Å². The van der Waals surface area contributed by atoms with Gasteiger partial charge in [-0.25, -0.2) is 0 Å². The number of rotatable bonds is 30. The lowest BCUT2D eigenvalue weighted by Gasteiger charge is -2.08. The SMILES string of the molecule is CCCCCCCCCCCCCCCNC(=O)c1ccc(C(=O)NCCCCCCCCCCCCCCC)cc1. The predicted octanol–water partition coefficient (Wildman–Crippen LogP) is 11.3. The number of hydrogen-bond donors (Lipinski definition) is 2. The van der Waals surface area contributed by atoms with Crippen molar-refractivity contribution >= 4 is 11.8 Å². The zero-order valence-corrected chi connectivity index (χ0v) is 27.9. The number of carbonyl (C=O) groups is 2. The van der Waals surface area contributed by atoms with Crippen LogP contribution in [0, 0.1) is 0 Å². The molecule has 0 atom stereocenters. The third-order valence-corrected chi connectivity index (χ3v) is 8.54. The summed E-state index contributed by atoms with van der Waals surface area (Å²) in [5.41, 5.74) is 1.25. The fourth-order valence-electron chi connectivity index (χ4n) is 5.67. The second kappa shape index (κ2) is 29.2. The van der Waals surface area contributed by atoms with Crippen LogP contribution in [0.5, 0.6) is 0 Å². The molecule has 4 heteroatoms. The Balaban J connectivity index is 1.97. The van der Waals surface area contributed by atoms with Crippen molar-refractivity contribution < 1.29 is 9.59 Å². The first-order valence-corrected chi connectivity index (χ1v) is 18.4. The van der Waals surface area contributed by atoms with Gasteiger partial charge in [0.05, 0.1) is 0 Å². The molecule has 2 amide bonds. The van der Waals surface area contributed by atoms with E-state index in [0.29, 0.717) is 11.1 Å². The van der Waals surface area contributed by atoms with E-state index in [0.717, 1.165) is 25.9 Å². The van der Waals surface area contributed by atoms with Crippen molar-refractivity contribution in [1.82, 2.24) is 10.6 Å². The van der Waals surface area contributed by atoms with Crippen LogP contribution in [0.4, 0.5) is 0 Å². The molecular weight excluding hydrogens is 516 g/mol. The van der Waals surface area contributed by atoms with Crippen LogP contribution in [0.3, 0.4) is 0 Å². The molecule has 42 heavy (non-hydrogen) atoms. The fraction of sp³-hybridized carbons (Fsp3) is 0.789. The van der Waals surface area contributed by atoms with E-state index in [1.54, 1.807) is 24.3 Å². The Kier molecular flexibility index (Phi) is 26.6. The third kappa shape index (κ3) is 22.7. The van der Waals surface area contributed by atoms with Crippen LogP contribution in [-0.2, 0) is 0 Å². The minimum Gasteiger partial charge on any atom is -0.352 e. The van der Waals surface area contributed by atoms with Gasteiger partial charge in [0.1, 0.15) is 0 Å². The van der Waals surface area contributed by atoms with Gasteiger partial charge in [0.25, 0.3) is 11.8 Å². The molecule has 0 bridgehead atoms. The molecule has 242 valence electrons. The predicted molar refractivity (Wildman–Crippen MR) is 182 cm³/mol. The van der Waals surface area contributed by atoms with Crippen LogP contribution in [-0.4, -0.2) is 24.9 Å². The summed E-state index contributed by atoms with van der Waals surface area (Å²) < 4.78 is 0. The molecule has 0 aromatic heterocycles. The largest absolute Gasteiger partial charge is 0.352 e. The first-order valence-electron chi connectivity index (χ1n) is 18.4. The van der Waals surface area contributed by atoms with Gasteiger partial charge in [-0.15, -0.1) is 0 Å². The van der Waals surface area contributed by atoms with Crippen LogP contribution in [0.1, 0.15) is 202 Å². The second-order valence-electron chi connectivity index (χ2n) is 12.6. The van der Waals surface area contributed by atoms with Crippen molar-refractivity contribution in [2.75, 3.05) is 13.1 Å². The molecular formula is C38H68N2O2. The summed E-state index contributed by atoms with van der Waals surface area (Å²) in [4.78, 5) is 24.9. The van der Waals surface area contributed by atoms with Crippen molar-refractivity contribution in [3.8, 4) is 0 Å². The summed E-state index contributed by atoms with van der Waals surface area (Å²) in [6.07, 6.45) is 34.5. The quantitative estimate of drug-likeness (QED) is 0.0883. The van der Waals surface area contributed by atoms with E-state index >= 15 is 0 Å². The Morgan fingerprint density at radius 3 is 0.833 bits per heavy atom. The smallest absolute Gasteiger partial charge is 0.251 e. The molecule has 0 aliphatic heterocycles. The topological polar surface area (TPSA) is 58.2 Å². The molecule has 1 aromatic carbocycles. The van der Waals surface area contributed by atoms with Gasteiger partial charge in [0.15, 0.2) is 0 Å². The van der Waals surface area contributed by atoms with Crippen LogP contribution in [0.15, 0.2) is 24.3 Å². The molecule has 0 heterocycles. The molecule has 0 aliphatic rings. The maximum absolute atomic E-state index is 12.5. The summed E-state index contributed by atoms with van der Waals surface area (Å²) in [6.45, 7) is 5.99. The van der Waals surface area contributed by atoms with Crippen molar-refractivity contribution in [2.24, 2.45) is 0 Å². The average molecular weight is 585 g/mol. The Labute approximate surface area is 261 Å². The molecule has 2 N–H and O–H groups in total. The first kappa shape index (κ1) is 38.2. The molecule has 0 fully saturated rings. The Morgan fingerprint density at radius 1 is 0.381 bits per heavy atom. The molecule has 4 nitrogen and oxygen atoms in total. The molecule has 0 saturated carbocycles. The summed E-state index contributed by atoms with van der Waals surface area (Å²) >= 11 is 0. The van der Waals surface area contributed by atoms with E-state index in [1.165, 1.54) is 154 Å². The highest BCUT2D eigenvalue weighted by Gasteiger charge is 2.08. The van der Waals surface area contributed by atoms with E-state index in [9.17, 15) is 9.59 Å². The van der Waals surface area contributed by atoms with Crippen molar-refractivity contribution in [1.29, 1.82) is 0 Å². The summed E-state index contributed by atoms with van der Waals surface area (Å²) in [7, 11) is 0. The lowest BCUT2D eigenvalue weighted by Crippen LogP contribution is -2.26. The number of unbranched alkanes of at least 4 members (excludes halogenated alkanes) is 24. The van der Waals surface area contributed by atoms with Gasteiger partial charge in [-0.05, 0) is 37.1 Å². The van der Waals surface area contributed by atoms with Crippen molar-refractivity contribution in [3.63, 3.8) is 0 Å². The number of carbonyl (C=O) groups excluding carboxylic acids is 2. The van der Waals surface area contributed by atoms with Gasteiger partial charge in [0.2, 0.25) is 0 Å². The standard InChI is InChI=1S/C38H68N2O2/c1-3-5-7-9-11-13-15-17-19-21-23-25-27-33-39-37(41)35-29-31-36(32-30-35)38(42)40-34-28-26-24-22-20-18-16-14-12-10-8-6-4-2/h29-32H,3-28,33-34H2,1-2H3,(H,39,41)(H,40,42). The van der Waals surface area contributed by atoms with Crippen LogP contribution in [0.25, 0.3) is 0 Å². The Bertz CT molecular complexity index is 683. The number of amides is 2. The van der Waals surface area contributed by atoms with E-state index in [1.807, 2.05) is 0 Å². The molecule has 0 saturated heterocycles. The number of nitrogens with one attached hydrogen (secondary N) is 2. The van der Waals surface area contributed by atoms with Crippen LogP contribution < -0.4 is 10.6 Å². The zero-order valence-electron chi connectivity index (χ0n) is 27.9. The number of hydrogen-bond acceptors (Lipinski definition) is 2. The molecule has 1 aromatic rings. The average Bonchev–Trinajstić information content (AvgIpc) is 3.01. The highest BCUT2D eigenvalue weighted by atomic mass is 16.2. The Hall–Kier alpha value is -1.84. The van der Waals surface area contributed by atoms with Gasteiger partial charge in [-0.2, -0.15) is 0 Å². The van der Waals surface area contributed by atoms with Crippen LogP contribution >= 0.6 is 0 Å². The molecule has 0 spiro atoms. The zero-order chi connectivity index (χ0) is 30.4. The summed E-state index contributed by atoms with van der Waals surface area (Å²) in [5.74, 6) is -0.0965. The number of benzene rings is 1. The highest BCUT2D eigenvalue weighted by molar-refractivity contribution is 5.97. The third-order valence-electron chi connectivity index (χ3n) is 8.54. The van der Waals surface area contributed by atoms with E-state index in [2.05, 4.69) is 24.5 Å². The molecule has 0 unspecified atom stereocenters. The monoisotopic (exact) mass is 585 g/mol. The summed E-state index contributed by atoms with van der Waals surface area (Å²) in [5, 5.41) is 6.06. The second-order valence-corrected chi connectivity index (χ2v) is 12.6. The highest BCUT2D eigenvalue weighted by Crippen LogP contribution is 2.14. The molecule has 0 aliphatic carbocycles. The normalized spacial score (nSPS) is 11.1. The van der Waals surface area contributed by atoms with E-state index in [-0.39, 0.29) is 11.8 Å². The van der Waals surface area contributed by atoms with Crippen molar-refractivity contribution in [2.45, 2.75) is 181 Å². The lowest BCUT2D eigenvalue weighted by atomic mass is 10.0.